The maximum atomic E-state index is 12.2. The van der Waals surface area contributed by atoms with Crippen LogP contribution in [0.4, 0.5) is 4.79 Å². The Bertz CT molecular complexity index is 891. The van der Waals surface area contributed by atoms with E-state index in [1.54, 1.807) is 33.8 Å². The molecule has 196 valence electrons. The highest BCUT2D eigenvalue weighted by Crippen LogP contribution is 2.36. The summed E-state index contributed by atoms with van der Waals surface area (Å²) in [5.74, 6) is -3.66. The van der Waals surface area contributed by atoms with Gasteiger partial charge in [0, 0.05) is 18.8 Å². The highest BCUT2D eigenvalue weighted by atomic mass is 16.7. The van der Waals surface area contributed by atoms with Crippen molar-refractivity contribution in [1.82, 2.24) is 0 Å². The van der Waals surface area contributed by atoms with Crippen LogP contribution in [0.25, 0.3) is 0 Å². The summed E-state index contributed by atoms with van der Waals surface area (Å²) in [6.07, 6.45) is 0.557. The summed E-state index contributed by atoms with van der Waals surface area (Å²) in [5, 5.41) is 9.60. The quantitative estimate of drug-likeness (QED) is 0.319. The zero-order valence-electron chi connectivity index (χ0n) is 21.3. The first-order valence-electron chi connectivity index (χ1n) is 11.7. The molecular formula is C25H37NO9. The molecule has 0 aromatic heterocycles. The third-order valence-electron chi connectivity index (χ3n) is 4.85. The molecule has 0 fully saturated rings. The number of carbonyl (C=O) groups is 4. The van der Waals surface area contributed by atoms with Gasteiger partial charge in [0.15, 0.2) is 11.5 Å². The van der Waals surface area contributed by atoms with Crippen LogP contribution < -0.4 is 15.2 Å². The van der Waals surface area contributed by atoms with Crippen molar-refractivity contribution >= 4 is 24.1 Å². The summed E-state index contributed by atoms with van der Waals surface area (Å²) in [6.45, 7) is 10.2. The molecule has 10 heteroatoms. The molecule has 0 amide bonds. The fraction of sp³-hybridized carbons (Fsp3) is 0.600. The van der Waals surface area contributed by atoms with Gasteiger partial charge >= 0.3 is 24.1 Å². The largest absolute Gasteiger partial charge is 0.508 e. The molecule has 0 aliphatic heterocycles. The van der Waals surface area contributed by atoms with Crippen LogP contribution in [-0.4, -0.2) is 47.4 Å². The van der Waals surface area contributed by atoms with Crippen molar-refractivity contribution in [2.45, 2.75) is 84.8 Å². The summed E-state index contributed by atoms with van der Waals surface area (Å²) in [4.78, 5) is 47.9. The van der Waals surface area contributed by atoms with Gasteiger partial charge in [-0.15, -0.1) is 0 Å². The average molecular weight is 496 g/mol. The summed E-state index contributed by atoms with van der Waals surface area (Å²) < 4.78 is 21.1. The van der Waals surface area contributed by atoms with Crippen molar-refractivity contribution < 1.29 is 43.2 Å². The van der Waals surface area contributed by atoms with Gasteiger partial charge in [0.05, 0.1) is 6.61 Å². The number of hydrogen-bond donors (Lipinski definition) is 2. The molecule has 0 saturated carbocycles. The van der Waals surface area contributed by atoms with E-state index in [1.807, 2.05) is 13.8 Å². The smallest absolute Gasteiger partial charge is 0.480 e. The SMILES string of the molecule is CCCC(=O)Oc1ccc(C(C(C)COC(=O)OC(C)(C)C)[C@H](N)C(=O)O)cc1OC(=O)CCC. The molecule has 1 rings (SSSR count). The number of rotatable bonds is 12. The van der Waals surface area contributed by atoms with E-state index in [9.17, 15) is 24.3 Å². The second-order valence-corrected chi connectivity index (χ2v) is 9.30. The Morgan fingerprint density at radius 1 is 0.971 bits per heavy atom. The van der Waals surface area contributed by atoms with Crippen molar-refractivity contribution in [3.63, 3.8) is 0 Å². The fourth-order valence-electron chi connectivity index (χ4n) is 3.28. The van der Waals surface area contributed by atoms with Crippen molar-refractivity contribution in [2.75, 3.05) is 6.61 Å². The van der Waals surface area contributed by atoms with Gasteiger partial charge < -0.3 is 29.8 Å². The molecule has 0 bridgehead atoms. The fourth-order valence-corrected chi connectivity index (χ4v) is 3.28. The molecule has 0 spiro atoms. The second kappa shape index (κ2) is 13.7. The molecule has 0 heterocycles. The van der Waals surface area contributed by atoms with Crippen molar-refractivity contribution in [3.05, 3.63) is 23.8 Å². The number of nitrogens with two attached hydrogens (primary N) is 1. The molecule has 1 aromatic carbocycles. The summed E-state index contributed by atoms with van der Waals surface area (Å²) in [6, 6.07) is 3.04. The number of benzene rings is 1. The first kappa shape index (κ1) is 29.9. The van der Waals surface area contributed by atoms with E-state index >= 15 is 0 Å². The lowest BCUT2D eigenvalue weighted by molar-refractivity contribution is -0.139. The van der Waals surface area contributed by atoms with E-state index < -0.39 is 47.5 Å². The lowest BCUT2D eigenvalue weighted by Gasteiger charge is -2.28. The van der Waals surface area contributed by atoms with Gasteiger partial charge in [0.25, 0.3) is 0 Å². The summed E-state index contributed by atoms with van der Waals surface area (Å²) in [5.41, 5.74) is 5.66. The normalized spacial score (nSPS) is 13.8. The van der Waals surface area contributed by atoms with Crippen molar-refractivity contribution in [2.24, 2.45) is 11.7 Å². The van der Waals surface area contributed by atoms with E-state index in [0.29, 0.717) is 18.4 Å². The van der Waals surface area contributed by atoms with Gasteiger partial charge in [-0.2, -0.15) is 0 Å². The molecular weight excluding hydrogens is 458 g/mol. The Balaban J connectivity index is 3.30. The topological polar surface area (TPSA) is 151 Å². The van der Waals surface area contributed by atoms with Crippen LogP contribution in [0, 0.1) is 5.92 Å². The monoisotopic (exact) mass is 495 g/mol. The van der Waals surface area contributed by atoms with Crippen LogP contribution in [0.2, 0.25) is 0 Å². The van der Waals surface area contributed by atoms with Crippen molar-refractivity contribution in [3.8, 4) is 11.5 Å². The number of esters is 2. The third-order valence-corrected chi connectivity index (χ3v) is 4.85. The van der Waals surface area contributed by atoms with Crippen LogP contribution in [0.1, 0.15) is 78.7 Å². The molecule has 2 unspecified atom stereocenters. The standard InChI is InChI=1S/C25H37NO9/c1-7-9-19(27)33-17-12-11-16(13-18(17)34-20(28)10-8-2)21(22(26)23(29)30)15(3)14-32-24(31)35-25(4,5)6/h11-13,15,21-22H,7-10,14,26H2,1-6H3,(H,29,30)/t15?,21?,22-/m0/s1. The average Bonchev–Trinajstić information content (AvgIpc) is 2.73. The number of ether oxygens (including phenoxy) is 4. The molecule has 0 saturated heterocycles. The number of carboxylic acids is 1. The molecule has 35 heavy (non-hydrogen) atoms. The third kappa shape index (κ3) is 10.3. The lowest BCUT2D eigenvalue weighted by Crippen LogP contribution is -2.41. The first-order chi connectivity index (χ1) is 16.3. The molecule has 0 radical (unpaired) electrons. The molecule has 0 aliphatic carbocycles. The van der Waals surface area contributed by atoms with E-state index in [-0.39, 0.29) is 30.9 Å². The molecule has 10 nitrogen and oxygen atoms in total. The number of carbonyl (C=O) groups excluding carboxylic acids is 3. The maximum absolute atomic E-state index is 12.2. The minimum Gasteiger partial charge on any atom is -0.480 e. The van der Waals surface area contributed by atoms with Crippen LogP contribution in [0.5, 0.6) is 11.5 Å². The number of hydrogen-bond acceptors (Lipinski definition) is 9. The Morgan fingerprint density at radius 3 is 2.00 bits per heavy atom. The maximum Gasteiger partial charge on any atom is 0.508 e. The van der Waals surface area contributed by atoms with Gasteiger partial charge in [-0.05, 0) is 57.2 Å². The molecule has 0 aliphatic rings. The van der Waals surface area contributed by atoms with Crippen LogP contribution in [0.3, 0.4) is 0 Å². The molecule has 1 aromatic rings. The Kier molecular flexibility index (Phi) is 11.7. The highest BCUT2D eigenvalue weighted by molar-refractivity contribution is 5.77. The summed E-state index contributed by atoms with van der Waals surface area (Å²) >= 11 is 0. The minimum atomic E-state index is -1.36. The predicted molar refractivity (Wildman–Crippen MR) is 127 cm³/mol. The van der Waals surface area contributed by atoms with Crippen molar-refractivity contribution in [1.29, 1.82) is 0 Å². The molecule has 3 N–H and O–H groups in total. The summed E-state index contributed by atoms with van der Waals surface area (Å²) in [7, 11) is 0. The van der Waals surface area contributed by atoms with Gasteiger partial charge in [0.1, 0.15) is 11.6 Å². The molecule has 3 atom stereocenters. The van der Waals surface area contributed by atoms with E-state index in [1.165, 1.54) is 12.1 Å². The highest BCUT2D eigenvalue weighted by Gasteiger charge is 2.33. The number of aliphatic carboxylic acids is 1. The zero-order chi connectivity index (χ0) is 26.8. The van der Waals surface area contributed by atoms with Crippen LogP contribution in [-0.2, 0) is 23.9 Å². The first-order valence-corrected chi connectivity index (χ1v) is 11.7. The number of carboxylic acid groups (broad SMARTS) is 1. The Hall–Kier alpha value is -3.14. The van der Waals surface area contributed by atoms with Gasteiger partial charge in [-0.3, -0.25) is 14.4 Å². The van der Waals surface area contributed by atoms with E-state index in [2.05, 4.69) is 0 Å². The Morgan fingerprint density at radius 2 is 1.51 bits per heavy atom. The van der Waals surface area contributed by atoms with Gasteiger partial charge in [-0.25, -0.2) is 4.79 Å². The van der Waals surface area contributed by atoms with Crippen LogP contribution in [0.15, 0.2) is 18.2 Å². The second-order valence-electron chi connectivity index (χ2n) is 9.30. The van der Waals surface area contributed by atoms with E-state index in [4.69, 9.17) is 24.7 Å². The predicted octanol–water partition coefficient (Wildman–Crippen LogP) is 4.18. The van der Waals surface area contributed by atoms with Crippen LogP contribution >= 0.6 is 0 Å². The van der Waals surface area contributed by atoms with Gasteiger partial charge in [-0.1, -0.05) is 26.8 Å². The Labute approximate surface area is 206 Å². The van der Waals surface area contributed by atoms with Gasteiger partial charge in [0.2, 0.25) is 0 Å². The zero-order valence-corrected chi connectivity index (χ0v) is 21.3. The van der Waals surface area contributed by atoms with E-state index in [0.717, 1.165) is 0 Å². The minimum absolute atomic E-state index is 0.0201. The lowest BCUT2D eigenvalue weighted by atomic mass is 9.82.